The number of aromatic carboxylic acids is 1. The lowest BCUT2D eigenvalue weighted by molar-refractivity contribution is 0.0702. The number of carboxylic acids is 1. The molecule has 0 aliphatic carbocycles. The van der Waals surface area contributed by atoms with E-state index in [1.807, 2.05) is 0 Å². The van der Waals surface area contributed by atoms with Crippen LogP contribution >= 0.6 is 11.3 Å². The van der Waals surface area contributed by atoms with Crippen molar-refractivity contribution in [3.63, 3.8) is 0 Å². The summed E-state index contributed by atoms with van der Waals surface area (Å²) in [6, 6.07) is 12.1. The Morgan fingerprint density at radius 2 is 1.85 bits per heavy atom. The van der Waals surface area contributed by atoms with Gasteiger partial charge in [0.1, 0.15) is 16.4 Å². The second-order valence-electron chi connectivity index (χ2n) is 7.00. The maximum atomic E-state index is 13.3. The van der Waals surface area contributed by atoms with Gasteiger partial charge in [0, 0.05) is 6.54 Å². The van der Waals surface area contributed by atoms with Gasteiger partial charge in [-0.3, -0.25) is 9.55 Å². The minimum absolute atomic E-state index is 0.0312. The number of H-pyrrole nitrogens is 1. The number of hydrogen-bond donors (Lipinski definition) is 2. The Hall–Kier alpha value is -4.32. The number of halogens is 1. The molecule has 0 saturated carbocycles. The highest BCUT2D eigenvalue weighted by Crippen LogP contribution is 2.27. The van der Waals surface area contributed by atoms with Crippen LogP contribution in [0.25, 0.3) is 0 Å². The average Bonchev–Trinajstić information content (AvgIpc) is 3.28. The predicted octanol–water partition coefficient (Wildman–Crippen LogP) is 2.72. The third-order valence-electron chi connectivity index (χ3n) is 4.72. The quantitative estimate of drug-likeness (QED) is 0.416. The Labute approximate surface area is 194 Å². The molecule has 4 aromatic rings. The fraction of sp³-hybridized carbons (Fsp3) is 0.136. The summed E-state index contributed by atoms with van der Waals surface area (Å²) in [5.74, 6) is -1.08. The molecule has 10 nitrogen and oxygen atoms in total. The van der Waals surface area contributed by atoms with Crippen LogP contribution in [0.5, 0.6) is 10.9 Å². The topological polar surface area (TPSA) is 132 Å². The Balaban J connectivity index is 1.68. The van der Waals surface area contributed by atoms with Crippen LogP contribution in [0.4, 0.5) is 10.1 Å². The number of aromatic amines is 1. The van der Waals surface area contributed by atoms with Gasteiger partial charge in [-0.05, 0) is 48.9 Å². The summed E-state index contributed by atoms with van der Waals surface area (Å²) >= 11 is 0.893. The van der Waals surface area contributed by atoms with E-state index in [-0.39, 0.29) is 28.8 Å². The lowest BCUT2D eigenvalue weighted by Crippen LogP contribution is -2.49. The Kier molecular flexibility index (Phi) is 6.50. The summed E-state index contributed by atoms with van der Waals surface area (Å²) in [6.07, 6.45) is 1.21. The monoisotopic (exact) mass is 483 g/mol. The van der Waals surface area contributed by atoms with Crippen molar-refractivity contribution in [2.75, 3.05) is 0 Å². The van der Waals surface area contributed by atoms with E-state index in [2.05, 4.69) is 15.0 Å². The standard InChI is InChI=1S/C22H18FN5O5S/c1-2-27-20(31)26-19(28(22(27)32)12-13-3-5-14(23)6-4-13)25-15-7-9-16(10-8-15)33-21-24-11-17(34-21)18(29)30/h3-11H,2,12H2,1H3,(H,29,30)(H,25,26,31). The molecule has 12 heteroatoms. The van der Waals surface area contributed by atoms with Crippen molar-refractivity contribution in [1.82, 2.24) is 19.1 Å². The number of nitrogens with zero attached hydrogens (tertiary/aromatic N) is 4. The lowest BCUT2D eigenvalue weighted by Gasteiger charge is -2.10. The fourth-order valence-corrected chi connectivity index (χ4v) is 3.68. The predicted molar refractivity (Wildman–Crippen MR) is 121 cm³/mol. The van der Waals surface area contributed by atoms with Gasteiger partial charge in [-0.1, -0.05) is 23.5 Å². The molecule has 0 amide bonds. The van der Waals surface area contributed by atoms with Gasteiger partial charge in [-0.2, -0.15) is 0 Å². The molecule has 4 rings (SSSR count). The SMILES string of the molecule is CCn1c(=O)[nH]/c(=N\c2ccc(Oc3ncc(C(=O)O)s3)cc2)n(Cc2ccc(F)cc2)c1=O. The molecule has 2 N–H and O–H groups in total. The first-order valence-electron chi connectivity index (χ1n) is 10.0. The largest absolute Gasteiger partial charge is 0.477 e. The van der Waals surface area contributed by atoms with E-state index in [9.17, 15) is 18.8 Å². The Morgan fingerprint density at radius 1 is 1.15 bits per heavy atom. The summed E-state index contributed by atoms with van der Waals surface area (Å²) in [7, 11) is 0. The molecule has 2 aromatic carbocycles. The number of nitrogens with one attached hydrogen (secondary N) is 1. The van der Waals surface area contributed by atoms with Gasteiger partial charge in [-0.25, -0.2) is 33.3 Å². The van der Waals surface area contributed by atoms with Crippen LogP contribution in [0.15, 0.2) is 69.3 Å². The molecule has 2 heterocycles. The minimum Gasteiger partial charge on any atom is -0.477 e. The molecule has 0 aliphatic heterocycles. The van der Waals surface area contributed by atoms with E-state index in [0.717, 1.165) is 15.9 Å². The highest BCUT2D eigenvalue weighted by atomic mass is 32.1. The molecule has 174 valence electrons. The van der Waals surface area contributed by atoms with Crippen LogP contribution in [-0.4, -0.2) is 30.2 Å². The van der Waals surface area contributed by atoms with Crippen LogP contribution in [0.3, 0.4) is 0 Å². The van der Waals surface area contributed by atoms with Crippen LogP contribution in [0.2, 0.25) is 0 Å². The molecular weight excluding hydrogens is 465 g/mol. The number of aromatic nitrogens is 4. The zero-order chi connectivity index (χ0) is 24.2. The van der Waals surface area contributed by atoms with E-state index in [0.29, 0.717) is 17.0 Å². The van der Waals surface area contributed by atoms with Crippen LogP contribution in [0, 0.1) is 5.82 Å². The van der Waals surface area contributed by atoms with Gasteiger partial charge in [0.05, 0.1) is 18.4 Å². The third kappa shape index (κ3) is 5.02. The molecule has 0 unspecified atom stereocenters. The van der Waals surface area contributed by atoms with Crippen LogP contribution in [-0.2, 0) is 13.1 Å². The van der Waals surface area contributed by atoms with Crippen molar-refractivity contribution < 1.29 is 19.0 Å². The van der Waals surface area contributed by atoms with E-state index in [1.165, 1.54) is 22.9 Å². The number of rotatable bonds is 7. The van der Waals surface area contributed by atoms with Crippen molar-refractivity contribution in [2.24, 2.45) is 4.99 Å². The summed E-state index contributed by atoms with van der Waals surface area (Å²) in [6.45, 7) is 1.92. The summed E-state index contributed by atoms with van der Waals surface area (Å²) < 4.78 is 21.2. The van der Waals surface area contributed by atoms with Gasteiger partial charge < -0.3 is 9.84 Å². The maximum absolute atomic E-state index is 13.3. The van der Waals surface area contributed by atoms with E-state index < -0.39 is 23.2 Å². The number of ether oxygens (including phenoxy) is 1. The summed E-state index contributed by atoms with van der Waals surface area (Å²) in [5.41, 5.74) is -0.0342. The summed E-state index contributed by atoms with van der Waals surface area (Å²) in [4.78, 5) is 47.2. The Morgan fingerprint density at radius 3 is 2.47 bits per heavy atom. The highest BCUT2D eigenvalue weighted by Gasteiger charge is 2.11. The zero-order valence-corrected chi connectivity index (χ0v) is 18.6. The van der Waals surface area contributed by atoms with Gasteiger partial charge in [0.2, 0.25) is 5.62 Å². The normalized spacial score (nSPS) is 11.5. The second kappa shape index (κ2) is 9.67. The minimum atomic E-state index is -1.09. The first-order valence-corrected chi connectivity index (χ1v) is 10.9. The first kappa shape index (κ1) is 22.9. The molecule has 0 radical (unpaired) electrons. The smallest absolute Gasteiger partial charge is 0.347 e. The van der Waals surface area contributed by atoms with Crippen molar-refractivity contribution in [3.05, 3.63) is 97.6 Å². The van der Waals surface area contributed by atoms with Crippen molar-refractivity contribution in [1.29, 1.82) is 0 Å². The van der Waals surface area contributed by atoms with E-state index in [1.54, 1.807) is 43.3 Å². The van der Waals surface area contributed by atoms with E-state index >= 15 is 0 Å². The second-order valence-corrected chi connectivity index (χ2v) is 7.99. The highest BCUT2D eigenvalue weighted by molar-refractivity contribution is 7.15. The van der Waals surface area contributed by atoms with Crippen molar-refractivity contribution >= 4 is 23.0 Å². The average molecular weight is 483 g/mol. The molecule has 0 saturated heterocycles. The van der Waals surface area contributed by atoms with Crippen LogP contribution in [0.1, 0.15) is 22.2 Å². The Bertz CT molecular complexity index is 1520. The number of benzene rings is 2. The molecule has 0 aliphatic rings. The van der Waals surface area contributed by atoms with Gasteiger partial charge in [0.25, 0.3) is 5.19 Å². The third-order valence-corrected chi connectivity index (χ3v) is 5.59. The lowest BCUT2D eigenvalue weighted by atomic mass is 10.2. The number of carboxylic acid groups (broad SMARTS) is 1. The molecule has 34 heavy (non-hydrogen) atoms. The zero-order valence-electron chi connectivity index (χ0n) is 17.8. The molecule has 0 fully saturated rings. The number of hydrogen-bond acceptors (Lipinski definition) is 7. The first-order chi connectivity index (χ1) is 16.3. The van der Waals surface area contributed by atoms with Crippen molar-refractivity contribution in [3.8, 4) is 10.9 Å². The molecule has 0 bridgehead atoms. The van der Waals surface area contributed by atoms with Crippen LogP contribution < -0.4 is 21.7 Å². The van der Waals surface area contributed by atoms with E-state index in [4.69, 9.17) is 9.84 Å². The molecule has 0 spiro atoms. The van der Waals surface area contributed by atoms with Gasteiger partial charge in [-0.15, -0.1) is 0 Å². The summed E-state index contributed by atoms with van der Waals surface area (Å²) in [5, 5.41) is 9.15. The molecular formula is C22H18FN5O5S. The van der Waals surface area contributed by atoms with Gasteiger partial charge >= 0.3 is 17.3 Å². The van der Waals surface area contributed by atoms with Gasteiger partial charge in [0.15, 0.2) is 0 Å². The maximum Gasteiger partial charge on any atom is 0.347 e. The number of thiazole rings is 1. The fourth-order valence-electron chi connectivity index (χ4n) is 3.05. The molecule has 2 aromatic heterocycles. The molecule has 0 atom stereocenters. The number of carbonyl (C=O) groups is 1. The van der Waals surface area contributed by atoms with Crippen molar-refractivity contribution in [2.45, 2.75) is 20.0 Å².